The van der Waals surface area contributed by atoms with E-state index in [-0.39, 0.29) is 17.4 Å². The third-order valence-corrected chi connectivity index (χ3v) is 4.71. The van der Waals surface area contributed by atoms with Crippen molar-refractivity contribution in [2.45, 2.75) is 92.1 Å². The highest BCUT2D eigenvalue weighted by atomic mass is 16.5. The molecule has 0 bridgehead atoms. The normalized spacial score (nSPS) is 15.7. The predicted octanol–water partition coefficient (Wildman–Crippen LogP) is 5.98. The summed E-state index contributed by atoms with van der Waals surface area (Å²) in [6, 6.07) is 1.81. The molecule has 1 aromatic rings. The van der Waals surface area contributed by atoms with Gasteiger partial charge in [-0.15, -0.1) is 0 Å². The Labute approximate surface area is 158 Å². The topological polar surface area (TPSA) is 66.8 Å². The van der Waals surface area contributed by atoms with Gasteiger partial charge in [0.05, 0.1) is 6.10 Å². The van der Waals surface area contributed by atoms with Crippen LogP contribution in [0.3, 0.4) is 0 Å². The summed E-state index contributed by atoms with van der Waals surface area (Å²) in [5.41, 5.74) is 1.37. The SMILES string of the molecule is CCCC(C)C.CCCCCc1cc2c(c(O)c1C(=O)O)CCC(C)O2. The van der Waals surface area contributed by atoms with Gasteiger partial charge in [-0.3, -0.25) is 0 Å². The van der Waals surface area contributed by atoms with Crippen LogP contribution in [0.15, 0.2) is 6.07 Å². The van der Waals surface area contributed by atoms with Gasteiger partial charge in [-0.2, -0.15) is 0 Å². The number of ether oxygens (including phenoxy) is 1. The largest absolute Gasteiger partial charge is 0.507 e. The fourth-order valence-electron chi connectivity index (χ4n) is 3.29. The van der Waals surface area contributed by atoms with Crippen LogP contribution >= 0.6 is 0 Å². The first kappa shape index (κ1) is 22.3. The number of aromatic hydroxyl groups is 1. The molecule has 4 nitrogen and oxygen atoms in total. The van der Waals surface area contributed by atoms with Gasteiger partial charge in [0.25, 0.3) is 0 Å². The third-order valence-electron chi connectivity index (χ3n) is 4.71. The smallest absolute Gasteiger partial charge is 0.339 e. The van der Waals surface area contributed by atoms with Gasteiger partial charge in [0.2, 0.25) is 0 Å². The summed E-state index contributed by atoms with van der Waals surface area (Å²) in [5.74, 6) is 0.386. The minimum Gasteiger partial charge on any atom is -0.507 e. The van der Waals surface area contributed by atoms with Crippen LogP contribution in [0.5, 0.6) is 11.5 Å². The van der Waals surface area contributed by atoms with E-state index in [1.165, 1.54) is 12.8 Å². The van der Waals surface area contributed by atoms with E-state index in [9.17, 15) is 15.0 Å². The number of aryl methyl sites for hydroxylation is 1. The molecule has 0 saturated carbocycles. The van der Waals surface area contributed by atoms with Crippen molar-refractivity contribution in [3.05, 3.63) is 22.8 Å². The molecular formula is C22H36O4. The lowest BCUT2D eigenvalue weighted by Gasteiger charge is -2.25. The van der Waals surface area contributed by atoms with Crippen LogP contribution in [0.25, 0.3) is 0 Å². The molecule has 2 N–H and O–H groups in total. The van der Waals surface area contributed by atoms with E-state index in [0.717, 1.165) is 31.6 Å². The second-order valence-electron chi connectivity index (χ2n) is 7.65. The van der Waals surface area contributed by atoms with Gasteiger partial charge < -0.3 is 14.9 Å². The zero-order chi connectivity index (χ0) is 19.7. The van der Waals surface area contributed by atoms with Crippen LogP contribution in [-0.4, -0.2) is 22.3 Å². The highest BCUT2D eigenvalue weighted by Crippen LogP contribution is 2.39. The number of phenols is 1. The van der Waals surface area contributed by atoms with Crippen molar-refractivity contribution < 1.29 is 19.7 Å². The molecule has 1 unspecified atom stereocenters. The number of carboxylic acids is 1. The van der Waals surface area contributed by atoms with Crippen molar-refractivity contribution in [3.63, 3.8) is 0 Å². The Morgan fingerprint density at radius 2 is 1.96 bits per heavy atom. The Morgan fingerprint density at radius 1 is 1.27 bits per heavy atom. The molecule has 0 aromatic heterocycles. The van der Waals surface area contributed by atoms with Crippen molar-refractivity contribution in [1.29, 1.82) is 0 Å². The number of benzene rings is 1. The Hall–Kier alpha value is -1.71. The molecule has 1 atom stereocenters. The van der Waals surface area contributed by atoms with Crippen LogP contribution in [0.4, 0.5) is 0 Å². The lowest BCUT2D eigenvalue weighted by Crippen LogP contribution is -2.20. The van der Waals surface area contributed by atoms with Crippen LogP contribution in [0.1, 0.15) is 94.6 Å². The lowest BCUT2D eigenvalue weighted by molar-refractivity contribution is 0.0691. The Bertz CT molecular complexity index is 578. The number of hydrogen-bond donors (Lipinski definition) is 2. The monoisotopic (exact) mass is 364 g/mol. The molecule has 1 aliphatic rings. The quantitative estimate of drug-likeness (QED) is 0.584. The van der Waals surface area contributed by atoms with E-state index in [1.54, 1.807) is 0 Å². The highest BCUT2D eigenvalue weighted by Gasteiger charge is 2.26. The van der Waals surface area contributed by atoms with Crippen molar-refractivity contribution in [2.24, 2.45) is 5.92 Å². The second kappa shape index (κ2) is 11.1. The van der Waals surface area contributed by atoms with Gasteiger partial charge in [0.1, 0.15) is 17.1 Å². The molecule has 0 fully saturated rings. The zero-order valence-corrected chi connectivity index (χ0v) is 17.1. The number of fused-ring (bicyclic) bond motifs is 1. The maximum Gasteiger partial charge on any atom is 0.339 e. The molecule has 0 radical (unpaired) electrons. The van der Waals surface area contributed by atoms with Gasteiger partial charge in [-0.05, 0) is 50.2 Å². The van der Waals surface area contributed by atoms with Crippen LogP contribution in [0, 0.1) is 5.92 Å². The van der Waals surface area contributed by atoms with E-state index in [1.807, 2.05) is 13.0 Å². The van der Waals surface area contributed by atoms with Crippen molar-refractivity contribution in [3.8, 4) is 11.5 Å². The molecule has 0 spiro atoms. The summed E-state index contributed by atoms with van der Waals surface area (Å²) < 4.78 is 5.74. The molecule has 1 heterocycles. The second-order valence-corrected chi connectivity index (χ2v) is 7.65. The number of carboxylic acid groups (broad SMARTS) is 1. The number of rotatable bonds is 7. The van der Waals surface area contributed by atoms with E-state index in [0.29, 0.717) is 29.7 Å². The summed E-state index contributed by atoms with van der Waals surface area (Å²) >= 11 is 0. The Morgan fingerprint density at radius 3 is 2.46 bits per heavy atom. The highest BCUT2D eigenvalue weighted by molar-refractivity contribution is 5.93. The first-order valence-electron chi connectivity index (χ1n) is 10.1. The fourth-order valence-corrected chi connectivity index (χ4v) is 3.29. The molecule has 1 aromatic carbocycles. The van der Waals surface area contributed by atoms with Crippen molar-refractivity contribution in [2.75, 3.05) is 0 Å². The Balaban J connectivity index is 0.000000487. The maximum atomic E-state index is 11.4. The standard InChI is InChI=1S/C16H22O4.C6H14/c1-3-4-5-6-11-9-13-12(8-7-10(2)20-13)15(17)14(11)16(18)19;1-4-5-6(2)3/h9-10,17H,3-8H2,1-2H3,(H,18,19);6H,4-5H2,1-3H3. The molecule has 4 heteroatoms. The van der Waals surface area contributed by atoms with Crippen LogP contribution < -0.4 is 4.74 Å². The predicted molar refractivity (Wildman–Crippen MR) is 106 cm³/mol. The molecular weight excluding hydrogens is 328 g/mol. The van der Waals surface area contributed by atoms with Gasteiger partial charge in [-0.1, -0.05) is 53.4 Å². The van der Waals surface area contributed by atoms with Crippen molar-refractivity contribution >= 4 is 5.97 Å². The summed E-state index contributed by atoms with van der Waals surface area (Å²) in [6.07, 6.45) is 7.99. The fraction of sp³-hybridized carbons (Fsp3) is 0.682. The number of unbranched alkanes of at least 4 members (excludes halogenated alkanes) is 2. The van der Waals surface area contributed by atoms with E-state index >= 15 is 0 Å². The minimum atomic E-state index is -1.06. The first-order chi connectivity index (χ1) is 12.3. The lowest BCUT2D eigenvalue weighted by atomic mass is 9.93. The molecule has 1 aliphatic heterocycles. The number of carbonyl (C=O) groups is 1. The maximum absolute atomic E-state index is 11.4. The average Bonchev–Trinajstić information content (AvgIpc) is 2.55. The van der Waals surface area contributed by atoms with Crippen molar-refractivity contribution in [1.82, 2.24) is 0 Å². The van der Waals surface area contributed by atoms with Gasteiger partial charge in [0.15, 0.2) is 0 Å². The summed E-state index contributed by atoms with van der Waals surface area (Å²) in [5, 5.41) is 19.6. The van der Waals surface area contributed by atoms with Gasteiger partial charge in [0, 0.05) is 5.56 Å². The molecule has 0 saturated heterocycles. The van der Waals surface area contributed by atoms with Gasteiger partial charge >= 0.3 is 5.97 Å². The average molecular weight is 365 g/mol. The zero-order valence-electron chi connectivity index (χ0n) is 17.1. The Kier molecular flexibility index (Phi) is 9.53. The van der Waals surface area contributed by atoms with E-state index in [2.05, 4.69) is 27.7 Å². The molecule has 0 amide bonds. The first-order valence-corrected chi connectivity index (χ1v) is 10.1. The summed E-state index contributed by atoms with van der Waals surface area (Å²) in [6.45, 7) is 10.8. The van der Waals surface area contributed by atoms with Crippen LogP contribution in [-0.2, 0) is 12.8 Å². The third kappa shape index (κ3) is 6.54. The number of hydrogen-bond acceptors (Lipinski definition) is 3. The molecule has 0 aliphatic carbocycles. The number of aromatic carboxylic acids is 1. The molecule has 148 valence electrons. The van der Waals surface area contributed by atoms with E-state index in [4.69, 9.17) is 4.74 Å². The molecule has 2 rings (SSSR count). The molecule has 26 heavy (non-hydrogen) atoms. The summed E-state index contributed by atoms with van der Waals surface area (Å²) in [4.78, 5) is 11.4. The van der Waals surface area contributed by atoms with E-state index < -0.39 is 5.97 Å². The van der Waals surface area contributed by atoms with Crippen LogP contribution in [0.2, 0.25) is 0 Å². The minimum absolute atomic E-state index is 0.0537. The van der Waals surface area contributed by atoms with Gasteiger partial charge in [-0.25, -0.2) is 4.79 Å². The summed E-state index contributed by atoms with van der Waals surface area (Å²) in [7, 11) is 0.